The zero-order chi connectivity index (χ0) is 30.4. The van der Waals surface area contributed by atoms with Gasteiger partial charge < -0.3 is 24.3 Å². The second-order valence-corrected chi connectivity index (χ2v) is 11.0. The van der Waals surface area contributed by atoms with E-state index in [0.717, 1.165) is 46.1 Å². The molecular weight excluding hydrogens is 549 g/mol. The van der Waals surface area contributed by atoms with Gasteiger partial charge in [0, 0.05) is 11.1 Å². The Morgan fingerprint density at radius 1 is 0.907 bits per heavy atom. The molecule has 0 spiro atoms. The monoisotopic (exact) mass is 583 g/mol. The molecule has 4 aromatic rings. The minimum absolute atomic E-state index is 0.123. The number of carboxylic acid groups (broad SMARTS) is 2. The van der Waals surface area contributed by atoms with Crippen LogP contribution in [-0.2, 0) is 22.6 Å². The van der Waals surface area contributed by atoms with Crippen molar-refractivity contribution in [1.29, 1.82) is 0 Å². The normalized spacial score (nSPS) is 14.0. The maximum absolute atomic E-state index is 13.6. The number of benzene rings is 3. The minimum atomic E-state index is -0.931. The Hall–Kier alpha value is -4.85. The number of aliphatic carboxylic acids is 2. The molecule has 0 bridgehead atoms. The molecule has 1 heterocycles. The third-order valence-electron chi connectivity index (χ3n) is 7.85. The molecule has 0 unspecified atom stereocenters. The first-order chi connectivity index (χ1) is 20.7. The first-order valence-electron chi connectivity index (χ1n) is 14.2. The highest BCUT2D eigenvalue weighted by molar-refractivity contribution is 5.95. The predicted molar refractivity (Wildman–Crippen MR) is 164 cm³/mol. The number of para-hydroxylation sites is 2. The standard InChI is InChI=1S/C35H34FNO6/c1-24-29(21-35(17-18-35)22-32(38)39)28-8-6-7-26(34(28)37(24)23-33(40)41)14-11-25-12-15-27(16-13-25)42-19-4-5-20-43-31-10-3-2-9-30(31)36/h2-16H,17-23H2,1H3,(H,38,39)(H,40,41)/b5-4+,14-11?. The maximum atomic E-state index is 13.6. The van der Waals surface area contributed by atoms with Crippen LogP contribution in [0.3, 0.4) is 0 Å². The summed E-state index contributed by atoms with van der Waals surface area (Å²) in [5.74, 6) is -1.22. The van der Waals surface area contributed by atoms with Gasteiger partial charge in [0.05, 0.1) is 11.9 Å². The van der Waals surface area contributed by atoms with Crippen LogP contribution >= 0.6 is 0 Å². The van der Waals surface area contributed by atoms with Gasteiger partial charge in [-0.2, -0.15) is 0 Å². The van der Waals surface area contributed by atoms with E-state index in [-0.39, 0.29) is 30.7 Å². The van der Waals surface area contributed by atoms with Crippen LogP contribution in [0.15, 0.2) is 78.9 Å². The van der Waals surface area contributed by atoms with Gasteiger partial charge in [-0.3, -0.25) is 9.59 Å². The molecule has 1 fully saturated rings. The van der Waals surface area contributed by atoms with Gasteiger partial charge >= 0.3 is 11.9 Å². The van der Waals surface area contributed by atoms with Gasteiger partial charge in [-0.15, -0.1) is 0 Å². The average Bonchev–Trinajstić information content (AvgIpc) is 3.69. The van der Waals surface area contributed by atoms with E-state index in [0.29, 0.717) is 18.8 Å². The summed E-state index contributed by atoms with van der Waals surface area (Å²) in [4.78, 5) is 23.3. The van der Waals surface area contributed by atoms with Crippen LogP contribution in [0.1, 0.15) is 41.6 Å². The molecule has 222 valence electrons. The number of aromatic nitrogens is 1. The molecule has 1 saturated carbocycles. The molecule has 1 aromatic heterocycles. The van der Waals surface area contributed by atoms with E-state index in [9.17, 15) is 24.2 Å². The molecule has 3 aromatic carbocycles. The van der Waals surface area contributed by atoms with Crippen LogP contribution < -0.4 is 9.47 Å². The highest BCUT2D eigenvalue weighted by Crippen LogP contribution is 2.52. The molecule has 0 atom stereocenters. The average molecular weight is 584 g/mol. The van der Waals surface area contributed by atoms with E-state index in [1.54, 1.807) is 24.3 Å². The molecule has 7 nitrogen and oxygen atoms in total. The van der Waals surface area contributed by atoms with E-state index in [1.165, 1.54) is 6.07 Å². The number of halogens is 1. The Bertz CT molecular complexity index is 1680. The van der Waals surface area contributed by atoms with Gasteiger partial charge in [-0.1, -0.05) is 54.6 Å². The second kappa shape index (κ2) is 13.0. The van der Waals surface area contributed by atoms with Crippen molar-refractivity contribution in [3.05, 3.63) is 107 Å². The van der Waals surface area contributed by atoms with E-state index in [4.69, 9.17) is 9.47 Å². The van der Waals surface area contributed by atoms with E-state index in [2.05, 4.69) is 0 Å². The molecule has 0 radical (unpaired) electrons. The summed E-state index contributed by atoms with van der Waals surface area (Å²) < 4.78 is 26.6. The Balaban J connectivity index is 1.26. The van der Waals surface area contributed by atoms with Crippen molar-refractivity contribution >= 4 is 35.0 Å². The molecule has 2 N–H and O–H groups in total. The van der Waals surface area contributed by atoms with Crippen LogP contribution in [0.4, 0.5) is 4.39 Å². The SMILES string of the molecule is Cc1c(CC2(CC(=O)O)CC2)c2cccc(C=Cc3ccc(OC/C=C/COc4ccccc4F)cc3)c2n1CC(=O)O. The first kappa shape index (κ1) is 29.6. The molecule has 1 aliphatic carbocycles. The fraction of sp³-hybridized carbons (Fsp3) is 0.257. The fourth-order valence-electron chi connectivity index (χ4n) is 5.45. The lowest BCUT2D eigenvalue weighted by atomic mass is 9.91. The van der Waals surface area contributed by atoms with E-state index in [1.807, 2.05) is 72.2 Å². The summed E-state index contributed by atoms with van der Waals surface area (Å²) >= 11 is 0. The Morgan fingerprint density at radius 3 is 2.30 bits per heavy atom. The third kappa shape index (κ3) is 7.33. The lowest BCUT2D eigenvalue weighted by molar-refractivity contribution is -0.139. The number of nitrogens with zero attached hydrogens (tertiary/aromatic N) is 1. The fourth-order valence-corrected chi connectivity index (χ4v) is 5.45. The van der Waals surface area contributed by atoms with Crippen LogP contribution in [0, 0.1) is 18.2 Å². The second-order valence-electron chi connectivity index (χ2n) is 11.0. The van der Waals surface area contributed by atoms with Gasteiger partial charge in [-0.05, 0) is 84.7 Å². The number of carboxylic acids is 2. The molecule has 0 saturated heterocycles. The quantitative estimate of drug-likeness (QED) is 0.121. The van der Waals surface area contributed by atoms with Gasteiger partial charge in [-0.25, -0.2) is 4.39 Å². The summed E-state index contributed by atoms with van der Waals surface area (Å²) in [7, 11) is 0. The number of hydrogen-bond donors (Lipinski definition) is 2. The summed E-state index contributed by atoms with van der Waals surface area (Å²) in [6, 6.07) is 19.8. The molecule has 0 amide bonds. The van der Waals surface area contributed by atoms with Gasteiger partial charge in [0.15, 0.2) is 11.6 Å². The smallest absolute Gasteiger partial charge is 0.323 e. The van der Waals surface area contributed by atoms with Gasteiger partial charge in [0.1, 0.15) is 25.5 Å². The molecule has 43 heavy (non-hydrogen) atoms. The van der Waals surface area contributed by atoms with Gasteiger partial charge in [0.25, 0.3) is 0 Å². The molecule has 5 rings (SSSR count). The van der Waals surface area contributed by atoms with Crippen molar-refractivity contribution in [2.24, 2.45) is 5.41 Å². The minimum Gasteiger partial charge on any atom is -0.490 e. The zero-order valence-electron chi connectivity index (χ0n) is 24.0. The summed E-state index contributed by atoms with van der Waals surface area (Å²) in [5.41, 5.74) is 4.32. The van der Waals surface area contributed by atoms with Crippen molar-refractivity contribution in [3.8, 4) is 11.5 Å². The zero-order valence-corrected chi connectivity index (χ0v) is 24.0. The van der Waals surface area contributed by atoms with Crippen LogP contribution in [0.2, 0.25) is 0 Å². The highest BCUT2D eigenvalue weighted by atomic mass is 19.1. The number of carbonyl (C=O) groups is 2. The van der Waals surface area contributed by atoms with Crippen molar-refractivity contribution < 1.29 is 33.7 Å². The largest absolute Gasteiger partial charge is 0.490 e. The lowest BCUT2D eigenvalue weighted by Gasteiger charge is -2.13. The predicted octanol–water partition coefficient (Wildman–Crippen LogP) is 7.16. The Kier molecular flexibility index (Phi) is 8.95. The van der Waals surface area contributed by atoms with Crippen LogP contribution in [0.5, 0.6) is 11.5 Å². The van der Waals surface area contributed by atoms with Crippen LogP contribution in [0.25, 0.3) is 23.1 Å². The number of fused-ring (bicyclic) bond motifs is 1. The third-order valence-corrected chi connectivity index (χ3v) is 7.85. The van der Waals surface area contributed by atoms with Crippen molar-refractivity contribution in [2.45, 2.75) is 39.2 Å². The topological polar surface area (TPSA) is 98.0 Å². The van der Waals surface area contributed by atoms with E-state index >= 15 is 0 Å². The maximum Gasteiger partial charge on any atom is 0.323 e. The number of hydrogen-bond acceptors (Lipinski definition) is 4. The van der Waals surface area contributed by atoms with Crippen molar-refractivity contribution in [3.63, 3.8) is 0 Å². The summed E-state index contributed by atoms with van der Waals surface area (Å²) in [6.07, 6.45) is 10.0. The Labute approximate surface area is 249 Å². The van der Waals surface area contributed by atoms with Crippen LogP contribution in [-0.4, -0.2) is 39.9 Å². The molecular formula is C35H34FNO6. The summed E-state index contributed by atoms with van der Waals surface area (Å²) in [6.45, 7) is 2.33. The lowest BCUT2D eigenvalue weighted by Crippen LogP contribution is -2.13. The molecule has 1 aliphatic rings. The van der Waals surface area contributed by atoms with Gasteiger partial charge in [0.2, 0.25) is 0 Å². The number of rotatable bonds is 14. The molecule has 0 aliphatic heterocycles. The van der Waals surface area contributed by atoms with Crippen molar-refractivity contribution in [2.75, 3.05) is 13.2 Å². The Morgan fingerprint density at radius 2 is 1.63 bits per heavy atom. The van der Waals surface area contributed by atoms with E-state index < -0.39 is 17.8 Å². The highest BCUT2D eigenvalue weighted by Gasteiger charge is 2.45. The van der Waals surface area contributed by atoms with Crippen molar-refractivity contribution in [1.82, 2.24) is 4.57 Å². The number of ether oxygens (including phenoxy) is 2. The molecule has 8 heteroatoms. The first-order valence-corrected chi connectivity index (χ1v) is 14.2. The summed E-state index contributed by atoms with van der Waals surface area (Å²) in [5, 5.41) is 20.0.